The van der Waals surface area contributed by atoms with E-state index in [1.807, 2.05) is 0 Å². The van der Waals surface area contributed by atoms with Gasteiger partial charge in [0.2, 0.25) is 6.29 Å². The number of fused-ring (bicyclic) bond motifs is 7. The highest BCUT2D eigenvalue weighted by atomic mass is 16.8. The summed E-state index contributed by atoms with van der Waals surface area (Å²) in [5.41, 5.74) is -2.28. The predicted molar refractivity (Wildman–Crippen MR) is 333 cm³/mol. The molecule has 33 nitrogen and oxygen atoms in total. The largest absolute Gasteiger partial charge is 0.446 e. The van der Waals surface area contributed by atoms with Crippen molar-refractivity contribution in [3.05, 3.63) is 39.7 Å². The summed E-state index contributed by atoms with van der Waals surface area (Å²) >= 11 is 0. The average molecular weight is 1420 g/mol. The Bertz CT molecular complexity index is 3080. The van der Waals surface area contributed by atoms with Crippen LogP contribution in [0.25, 0.3) is 0 Å². The first-order chi connectivity index (χ1) is 46.4. The van der Waals surface area contributed by atoms with Crippen LogP contribution in [0, 0.1) is 60.4 Å². The summed E-state index contributed by atoms with van der Waals surface area (Å²) in [4.78, 5) is 36.0. The SMILES string of the molecule is CC1OC(OC2CCC3(C)C(CCC4(C)C3CC=C3C5CC(C)(C)CCC5(C(=O)OC5OCC(O)C(O)C5OC5OC(C)C(OC6OC(CO)C(O)C(O)C6O)C(O)C5O)C(O)CC34C)C2(C)C)C(O)C(O)C1OC1OCC(O)C(O)C1O.O=C1OCCN1N=Cc1ccc([N+](=O)[O-])o1. The number of hydrazone groups is 1. The van der Waals surface area contributed by atoms with Crippen LogP contribution < -0.4 is 0 Å². The molecule has 1 aromatic rings. The quantitative estimate of drug-likeness (QED) is 0.0267. The molecule has 1 aromatic heterocycles. The van der Waals surface area contributed by atoms with E-state index in [4.69, 9.17) is 51.8 Å². The third-order valence-electron chi connectivity index (χ3n) is 24.5. The van der Waals surface area contributed by atoms with Gasteiger partial charge in [0.25, 0.3) is 0 Å². The molecular formula is C66H101N3O30. The van der Waals surface area contributed by atoms with E-state index in [1.165, 1.54) is 25.3 Å². The molecule has 14 N–H and O–H groups in total. The molecule has 1 amide bonds. The van der Waals surface area contributed by atoms with Gasteiger partial charge in [0.15, 0.2) is 37.0 Å². The number of aliphatic hydroxyl groups excluding tert-OH is 14. The Balaban J connectivity index is 0.000000541. The fourth-order valence-electron chi connectivity index (χ4n) is 18.6. The van der Waals surface area contributed by atoms with Gasteiger partial charge in [0.1, 0.15) is 109 Å². The maximum atomic E-state index is 15.4. The molecule has 12 rings (SSSR count). The Morgan fingerprint density at radius 2 is 1.25 bits per heavy atom. The summed E-state index contributed by atoms with van der Waals surface area (Å²) in [6.07, 6.45) is -28.6. The first kappa shape index (κ1) is 76.1. The second-order valence-corrected chi connectivity index (χ2v) is 31.2. The molecule has 11 aliphatic rings. The number of allylic oxidation sites excluding steroid dienone is 2. The van der Waals surface area contributed by atoms with Crippen molar-refractivity contribution >= 4 is 24.2 Å². The van der Waals surface area contributed by atoms with E-state index in [-0.39, 0.29) is 65.8 Å². The lowest BCUT2D eigenvalue weighted by molar-refractivity contribution is -0.402. The third-order valence-corrected chi connectivity index (χ3v) is 24.5. The van der Waals surface area contributed by atoms with Gasteiger partial charge in [0.05, 0.1) is 63.1 Å². The smallest absolute Gasteiger partial charge is 0.433 e. The van der Waals surface area contributed by atoms with Crippen molar-refractivity contribution in [1.82, 2.24) is 5.01 Å². The second kappa shape index (κ2) is 28.8. The van der Waals surface area contributed by atoms with Gasteiger partial charge in [-0.05, 0) is 123 Å². The van der Waals surface area contributed by atoms with Gasteiger partial charge < -0.3 is 128 Å². The summed E-state index contributed by atoms with van der Waals surface area (Å²) in [5, 5.41) is 168. The van der Waals surface area contributed by atoms with E-state index in [0.29, 0.717) is 32.2 Å². The number of hydrogen-bond donors (Lipinski definition) is 14. The zero-order chi connectivity index (χ0) is 72.1. The second-order valence-electron chi connectivity index (χ2n) is 31.2. The zero-order valence-electron chi connectivity index (χ0n) is 57.0. The van der Waals surface area contributed by atoms with Gasteiger partial charge >= 0.3 is 17.9 Å². The molecule has 32 unspecified atom stereocenters. The molecule has 0 bridgehead atoms. The van der Waals surface area contributed by atoms with Crippen LogP contribution >= 0.6 is 0 Å². The molecule has 99 heavy (non-hydrogen) atoms. The van der Waals surface area contributed by atoms with E-state index in [2.05, 4.69) is 64.4 Å². The van der Waals surface area contributed by atoms with Crippen molar-refractivity contribution in [2.24, 2.45) is 55.3 Å². The number of carbonyl (C=O) groups excluding carboxylic acids is 2. The predicted octanol–water partition coefficient (Wildman–Crippen LogP) is -0.933. The van der Waals surface area contributed by atoms with E-state index < -0.39 is 206 Å². The summed E-state index contributed by atoms with van der Waals surface area (Å²) in [6.45, 7) is 17.8. The Morgan fingerprint density at radius 3 is 1.87 bits per heavy atom. The van der Waals surface area contributed by atoms with Crippen molar-refractivity contribution in [3.63, 3.8) is 0 Å². The number of carbonyl (C=O) groups is 2. The number of cyclic esters (lactones) is 1. The van der Waals surface area contributed by atoms with Crippen LogP contribution in [0.15, 0.2) is 33.3 Å². The number of rotatable bonds is 14. The molecule has 4 saturated carbocycles. The highest BCUT2D eigenvalue weighted by molar-refractivity contribution is 5.80. The molecule has 33 heteroatoms. The Hall–Kier alpha value is -4.09. The molecule has 7 heterocycles. The lowest BCUT2D eigenvalue weighted by Gasteiger charge is -2.71. The molecule has 6 saturated heterocycles. The van der Waals surface area contributed by atoms with Crippen LogP contribution in [0.3, 0.4) is 0 Å². The minimum absolute atomic E-state index is 0.129. The van der Waals surface area contributed by atoms with E-state index in [1.54, 1.807) is 6.92 Å². The van der Waals surface area contributed by atoms with E-state index in [0.717, 1.165) is 29.8 Å². The molecule has 0 spiro atoms. The maximum absolute atomic E-state index is 15.4. The van der Waals surface area contributed by atoms with Crippen molar-refractivity contribution in [2.45, 2.75) is 274 Å². The first-order valence-corrected chi connectivity index (χ1v) is 34.4. The Kier molecular flexibility index (Phi) is 22.1. The molecule has 560 valence electrons. The minimum atomic E-state index is -1.93. The number of esters is 1. The number of ether oxygens (including phenoxy) is 11. The summed E-state index contributed by atoms with van der Waals surface area (Å²) in [5.74, 6) is -1.17. The van der Waals surface area contributed by atoms with Crippen molar-refractivity contribution in [1.29, 1.82) is 0 Å². The van der Waals surface area contributed by atoms with Crippen molar-refractivity contribution in [3.8, 4) is 0 Å². The minimum Gasteiger partial charge on any atom is -0.446 e. The first-order valence-electron chi connectivity index (χ1n) is 34.4. The molecule has 0 radical (unpaired) electrons. The maximum Gasteiger partial charge on any atom is 0.433 e. The number of furan rings is 1. The van der Waals surface area contributed by atoms with Crippen LogP contribution in [0.5, 0.6) is 0 Å². The van der Waals surface area contributed by atoms with E-state index in [9.17, 15) is 86.4 Å². The summed E-state index contributed by atoms with van der Waals surface area (Å²) in [6, 6.07) is 2.60. The van der Waals surface area contributed by atoms with Crippen molar-refractivity contribution < 1.29 is 143 Å². The van der Waals surface area contributed by atoms with Crippen molar-refractivity contribution in [2.75, 3.05) is 33.0 Å². The Morgan fingerprint density at radius 1 is 0.667 bits per heavy atom. The van der Waals surface area contributed by atoms with Gasteiger partial charge in [0, 0.05) is 0 Å². The number of nitrogens with zero attached hydrogens (tertiary/aromatic N) is 3. The number of aliphatic hydroxyl groups is 14. The molecule has 32 atom stereocenters. The number of amides is 1. The molecule has 5 aliphatic carbocycles. The summed E-state index contributed by atoms with van der Waals surface area (Å²) in [7, 11) is 0. The highest BCUT2D eigenvalue weighted by Crippen LogP contribution is 2.76. The monoisotopic (exact) mass is 1420 g/mol. The van der Waals surface area contributed by atoms with Gasteiger partial charge in [-0.1, -0.05) is 60.1 Å². The lowest BCUT2D eigenvalue weighted by Crippen LogP contribution is -2.68. The lowest BCUT2D eigenvalue weighted by atomic mass is 9.33. The van der Waals surface area contributed by atoms with E-state index >= 15 is 4.79 Å². The molecule has 0 aromatic carbocycles. The van der Waals surface area contributed by atoms with Gasteiger partial charge in [-0.3, -0.25) is 14.9 Å². The van der Waals surface area contributed by atoms with Gasteiger partial charge in [-0.25, -0.2) is 4.79 Å². The zero-order valence-corrected chi connectivity index (χ0v) is 57.0. The molecule has 10 fully saturated rings. The van der Waals surface area contributed by atoms with Crippen LogP contribution in [0.1, 0.15) is 126 Å². The fraction of sp³-hybridized carbons (Fsp3) is 0.864. The third kappa shape index (κ3) is 13.7. The molecular weight excluding hydrogens is 1310 g/mol. The number of hydrogen-bond acceptors (Lipinski definition) is 31. The molecule has 6 aliphatic heterocycles. The van der Waals surface area contributed by atoms with Crippen LogP contribution in [-0.2, 0) is 56.9 Å². The fourth-order valence-corrected chi connectivity index (χ4v) is 18.6. The topological polar surface area (TPSA) is 491 Å². The van der Waals surface area contributed by atoms with Crippen LogP contribution in [0.4, 0.5) is 10.7 Å². The summed E-state index contributed by atoms with van der Waals surface area (Å²) < 4.78 is 69.1. The van der Waals surface area contributed by atoms with Crippen LogP contribution in [-0.4, -0.2) is 286 Å². The average Bonchev–Trinajstić information content (AvgIpc) is 1.31. The van der Waals surface area contributed by atoms with Gasteiger partial charge in [-0.15, -0.1) is 0 Å². The number of nitro groups is 1. The normalized spacial score (nSPS) is 48.8. The van der Waals surface area contributed by atoms with Gasteiger partial charge in [-0.2, -0.15) is 10.1 Å². The standard InChI is InChI=1S/C58H94O25.C8H7N3O5/c1-23-44(80-47-40(69)34(63)27(60)21-74-47)38(67)42(71)48(76-23)79-33-13-14-55(7)30(54(33,5)6)12-15-56(8)31(55)11-10-25-26-18-53(3,4)16-17-58(26,32(62)19-57(25,56)9)52(73)83-51-46(35(64)28(61)22-75-51)82-49-43(72)39(68)45(24(2)77-49)81-50-41(70)37(66)36(65)29(20-59)78-50;12-8-10(3-4-15-8)9-5-6-1-2-7(16-6)11(13)14/h10,23-24,26-51,59-72H,11-22H2,1-9H3;1-2,5H,3-4H2. The van der Waals surface area contributed by atoms with Crippen LogP contribution in [0.2, 0.25) is 0 Å². The Labute approximate surface area is 571 Å². The highest BCUT2D eigenvalue weighted by Gasteiger charge is 2.72.